The number of aromatic nitrogens is 2. The molecule has 1 amide bonds. The molecule has 1 aliphatic heterocycles. The van der Waals surface area contributed by atoms with Crippen molar-refractivity contribution in [3.63, 3.8) is 0 Å². The van der Waals surface area contributed by atoms with Gasteiger partial charge in [-0.2, -0.15) is 0 Å². The highest BCUT2D eigenvalue weighted by molar-refractivity contribution is 5.96. The van der Waals surface area contributed by atoms with E-state index >= 15 is 0 Å². The van der Waals surface area contributed by atoms with Crippen LogP contribution in [0.4, 0.5) is 5.82 Å². The third kappa shape index (κ3) is 4.76. The Hall–Kier alpha value is -2.47. The van der Waals surface area contributed by atoms with Crippen LogP contribution in [0.5, 0.6) is 0 Å². The van der Waals surface area contributed by atoms with Crippen molar-refractivity contribution in [1.82, 2.24) is 20.2 Å². The molecule has 2 aromatic rings. The summed E-state index contributed by atoms with van der Waals surface area (Å²) in [5.74, 6) is 0.625. The number of nitrogens with zero attached hydrogens (tertiary/aromatic N) is 3. The summed E-state index contributed by atoms with van der Waals surface area (Å²) in [7, 11) is 0. The molecule has 0 radical (unpaired) electrons. The Balaban J connectivity index is 1.52. The average Bonchev–Trinajstić information content (AvgIpc) is 2.61. The molecular weight excluding hydrogens is 314 g/mol. The van der Waals surface area contributed by atoms with Crippen LogP contribution < -0.4 is 11.1 Å². The Morgan fingerprint density at radius 1 is 1.24 bits per heavy atom. The van der Waals surface area contributed by atoms with Crippen LogP contribution >= 0.6 is 0 Å². The summed E-state index contributed by atoms with van der Waals surface area (Å²) >= 11 is 0. The normalized spacial score (nSPS) is 18.0. The van der Waals surface area contributed by atoms with E-state index in [1.165, 1.54) is 43.9 Å². The van der Waals surface area contributed by atoms with Gasteiger partial charge in [0.15, 0.2) is 11.5 Å². The van der Waals surface area contributed by atoms with Crippen molar-refractivity contribution in [3.8, 4) is 0 Å². The van der Waals surface area contributed by atoms with Gasteiger partial charge in [-0.3, -0.25) is 9.69 Å². The number of piperidine rings is 1. The molecule has 1 fully saturated rings. The highest BCUT2D eigenvalue weighted by Crippen LogP contribution is 2.18. The van der Waals surface area contributed by atoms with Gasteiger partial charge in [0.2, 0.25) is 0 Å². The molecule has 3 N–H and O–H groups in total. The van der Waals surface area contributed by atoms with Gasteiger partial charge in [-0.25, -0.2) is 9.97 Å². The predicted molar refractivity (Wildman–Crippen MR) is 97.7 cm³/mol. The van der Waals surface area contributed by atoms with Gasteiger partial charge in [0.05, 0.1) is 0 Å². The minimum absolute atomic E-state index is 0.145. The number of carbonyl (C=O) groups is 1. The Bertz CT molecular complexity index is 716. The minimum atomic E-state index is -0.308. The van der Waals surface area contributed by atoms with Crippen molar-refractivity contribution < 1.29 is 4.79 Å². The SMILES string of the molecule is C[C@H]1CCCN(Cc2ccc(CNC(=O)c3nccnc3N)cc2)C1. The monoisotopic (exact) mass is 339 g/mol. The van der Waals surface area contributed by atoms with Crippen LogP contribution in [0.3, 0.4) is 0 Å². The van der Waals surface area contributed by atoms with E-state index in [1.807, 2.05) is 0 Å². The van der Waals surface area contributed by atoms with Gasteiger partial charge in [-0.15, -0.1) is 0 Å². The molecule has 3 rings (SSSR count). The highest BCUT2D eigenvalue weighted by atomic mass is 16.1. The van der Waals surface area contributed by atoms with Gasteiger partial charge in [0.1, 0.15) is 0 Å². The fourth-order valence-electron chi connectivity index (χ4n) is 3.24. The molecule has 1 aliphatic rings. The molecule has 1 aromatic heterocycles. The summed E-state index contributed by atoms with van der Waals surface area (Å²) in [5, 5.41) is 2.83. The molecular formula is C19H25N5O. The molecule has 6 heteroatoms. The molecule has 1 atom stereocenters. The molecule has 0 aliphatic carbocycles. The number of rotatable bonds is 5. The second-order valence-corrected chi connectivity index (χ2v) is 6.77. The van der Waals surface area contributed by atoms with Crippen LogP contribution in [-0.4, -0.2) is 33.9 Å². The molecule has 0 bridgehead atoms. The van der Waals surface area contributed by atoms with E-state index < -0.39 is 0 Å². The predicted octanol–water partition coefficient (Wildman–Crippen LogP) is 2.22. The number of nitrogens with two attached hydrogens (primary N) is 1. The first-order valence-electron chi connectivity index (χ1n) is 8.76. The molecule has 2 heterocycles. The number of nitrogens with one attached hydrogen (secondary N) is 1. The second-order valence-electron chi connectivity index (χ2n) is 6.77. The van der Waals surface area contributed by atoms with Gasteiger partial charge < -0.3 is 11.1 Å². The number of amides is 1. The Kier molecular flexibility index (Phi) is 5.60. The number of likely N-dealkylation sites (tertiary alicyclic amines) is 1. The summed E-state index contributed by atoms with van der Waals surface area (Å²) in [6.45, 7) is 6.11. The Labute approximate surface area is 148 Å². The molecule has 0 saturated carbocycles. The molecule has 132 valence electrons. The lowest BCUT2D eigenvalue weighted by Crippen LogP contribution is -2.33. The van der Waals surface area contributed by atoms with E-state index in [2.05, 4.69) is 51.4 Å². The first-order chi connectivity index (χ1) is 12.1. The molecule has 0 unspecified atom stereocenters. The summed E-state index contributed by atoms with van der Waals surface area (Å²) in [4.78, 5) is 22.5. The van der Waals surface area contributed by atoms with Gasteiger partial charge in [-0.1, -0.05) is 31.2 Å². The number of hydrogen-bond donors (Lipinski definition) is 2. The van der Waals surface area contributed by atoms with Crippen LogP contribution in [0.25, 0.3) is 0 Å². The third-order valence-electron chi connectivity index (χ3n) is 4.56. The van der Waals surface area contributed by atoms with Gasteiger partial charge in [-0.05, 0) is 36.4 Å². The largest absolute Gasteiger partial charge is 0.382 e. The van der Waals surface area contributed by atoms with Gasteiger partial charge >= 0.3 is 0 Å². The maximum absolute atomic E-state index is 12.1. The fourth-order valence-corrected chi connectivity index (χ4v) is 3.24. The zero-order chi connectivity index (χ0) is 17.6. The van der Waals surface area contributed by atoms with Crippen molar-refractivity contribution in [2.45, 2.75) is 32.9 Å². The van der Waals surface area contributed by atoms with Crippen LogP contribution in [0.1, 0.15) is 41.4 Å². The van der Waals surface area contributed by atoms with Crippen molar-refractivity contribution >= 4 is 11.7 Å². The average molecular weight is 339 g/mol. The number of hydrogen-bond acceptors (Lipinski definition) is 5. The highest BCUT2D eigenvalue weighted by Gasteiger charge is 2.16. The van der Waals surface area contributed by atoms with Crippen LogP contribution in [-0.2, 0) is 13.1 Å². The summed E-state index contributed by atoms with van der Waals surface area (Å²) in [5.41, 5.74) is 8.19. The number of benzene rings is 1. The topological polar surface area (TPSA) is 84.1 Å². The Morgan fingerprint density at radius 2 is 1.96 bits per heavy atom. The van der Waals surface area contributed by atoms with E-state index in [0.29, 0.717) is 6.54 Å². The summed E-state index contributed by atoms with van der Waals surface area (Å²) < 4.78 is 0. The molecule has 1 aromatic carbocycles. The fraction of sp³-hybridized carbons (Fsp3) is 0.421. The maximum atomic E-state index is 12.1. The van der Waals surface area contributed by atoms with E-state index in [9.17, 15) is 4.79 Å². The van der Waals surface area contributed by atoms with Gasteiger partial charge in [0, 0.05) is 32.0 Å². The number of anilines is 1. The number of nitrogen functional groups attached to an aromatic ring is 1. The smallest absolute Gasteiger partial charge is 0.273 e. The first-order valence-corrected chi connectivity index (χ1v) is 8.76. The first kappa shape index (κ1) is 17.4. The zero-order valence-electron chi connectivity index (χ0n) is 14.6. The van der Waals surface area contributed by atoms with Crippen molar-refractivity contribution in [2.75, 3.05) is 18.8 Å². The molecule has 6 nitrogen and oxygen atoms in total. The zero-order valence-corrected chi connectivity index (χ0v) is 14.6. The standard InChI is InChI=1S/C19H25N5O/c1-14-3-2-10-24(12-14)13-16-6-4-15(5-7-16)11-23-19(25)17-18(20)22-9-8-21-17/h4-9,14H,2-3,10-13H2,1H3,(H2,20,22)(H,23,25)/t14-/m0/s1. The van der Waals surface area contributed by atoms with E-state index in [-0.39, 0.29) is 17.4 Å². The summed E-state index contributed by atoms with van der Waals surface area (Å²) in [6, 6.07) is 8.39. The van der Waals surface area contributed by atoms with E-state index in [1.54, 1.807) is 0 Å². The number of carbonyl (C=O) groups excluding carboxylic acids is 1. The van der Waals surface area contributed by atoms with Crippen molar-refractivity contribution in [1.29, 1.82) is 0 Å². The Morgan fingerprint density at radius 3 is 2.68 bits per heavy atom. The third-order valence-corrected chi connectivity index (χ3v) is 4.56. The van der Waals surface area contributed by atoms with Crippen molar-refractivity contribution in [2.24, 2.45) is 5.92 Å². The lowest BCUT2D eigenvalue weighted by Gasteiger charge is -2.30. The van der Waals surface area contributed by atoms with Crippen molar-refractivity contribution in [3.05, 3.63) is 53.5 Å². The summed E-state index contributed by atoms with van der Waals surface area (Å²) in [6.07, 6.45) is 5.55. The lowest BCUT2D eigenvalue weighted by atomic mass is 9.99. The minimum Gasteiger partial charge on any atom is -0.382 e. The second kappa shape index (κ2) is 8.07. The van der Waals surface area contributed by atoms with E-state index in [0.717, 1.165) is 18.0 Å². The van der Waals surface area contributed by atoms with Crippen LogP contribution in [0.2, 0.25) is 0 Å². The molecule has 1 saturated heterocycles. The lowest BCUT2D eigenvalue weighted by molar-refractivity contribution is 0.0946. The quantitative estimate of drug-likeness (QED) is 0.872. The molecule has 25 heavy (non-hydrogen) atoms. The molecule has 0 spiro atoms. The van der Waals surface area contributed by atoms with Crippen LogP contribution in [0.15, 0.2) is 36.7 Å². The van der Waals surface area contributed by atoms with E-state index in [4.69, 9.17) is 5.73 Å². The van der Waals surface area contributed by atoms with Crippen LogP contribution in [0, 0.1) is 5.92 Å². The van der Waals surface area contributed by atoms with Gasteiger partial charge in [0.25, 0.3) is 5.91 Å². The maximum Gasteiger partial charge on any atom is 0.273 e.